The second kappa shape index (κ2) is 13.2. The number of hydrogen-bond acceptors (Lipinski definition) is 5. The van der Waals surface area contributed by atoms with Crippen molar-refractivity contribution in [2.24, 2.45) is 11.8 Å². The van der Waals surface area contributed by atoms with Crippen LogP contribution in [0.25, 0.3) is 0 Å². The number of carbonyl (C=O) groups excluding carboxylic acids is 3. The minimum atomic E-state index is -0.544. The van der Waals surface area contributed by atoms with Crippen molar-refractivity contribution < 1.29 is 28.2 Å². The monoisotopic (exact) mass is 585 g/mol. The highest BCUT2D eigenvalue weighted by Gasteiger charge is 2.43. The van der Waals surface area contributed by atoms with Crippen molar-refractivity contribution in [1.29, 1.82) is 0 Å². The molecule has 0 saturated carbocycles. The van der Waals surface area contributed by atoms with Gasteiger partial charge in [0.15, 0.2) is 0 Å². The van der Waals surface area contributed by atoms with E-state index in [2.05, 4.69) is 0 Å². The number of carbonyl (C=O) groups is 3. The lowest BCUT2D eigenvalue weighted by molar-refractivity contribution is -0.144. The molecule has 0 radical (unpaired) electrons. The number of halogens is 2. The van der Waals surface area contributed by atoms with E-state index in [0.717, 1.165) is 18.4 Å². The summed E-state index contributed by atoms with van der Waals surface area (Å²) in [7, 11) is 0. The van der Waals surface area contributed by atoms with Gasteiger partial charge in [-0.1, -0.05) is 23.7 Å². The Morgan fingerprint density at radius 3 is 2.15 bits per heavy atom. The summed E-state index contributed by atoms with van der Waals surface area (Å²) in [5, 5.41) is 0.612. The highest BCUT2D eigenvalue weighted by molar-refractivity contribution is 6.30. The minimum Gasteiger partial charge on any atom is -0.410 e. The molecule has 2 aromatic carbocycles. The molecule has 2 aromatic rings. The van der Waals surface area contributed by atoms with Crippen LogP contribution in [0.15, 0.2) is 48.5 Å². The van der Waals surface area contributed by atoms with Gasteiger partial charge in [-0.05, 0) is 74.6 Å². The molecule has 0 aliphatic carbocycles. The van der Waals surface area contributed by atoms with Crippen molar-refractivity contribution in [3.63, 3.8) is 0 Å². The van der Waals surface area contributed by atoms with E-state index in [4.69, 9.17) is 21.1 Å². The maximum atomic E-state index is 13.8. The lowest BCUT2D eigenvalue weighted by atomic mass is 9.92. The third-order valence-corrected chi connectivity index (χ3v) is 8.87. The second-order valence-corrected chi connectivity index (χ2v) is 11.5. The van der Waals surface area contributed by atoms with Crippen LogP contribution in [0.5, 0.6) is 5.75 Å². The molecule has 0 aromatic heterocycles. The zero-order valence-corrected chi connectivity index (χ0v) is 24.1. The molecule has 3 saturated heterocycles. The second-order valence-electron chi connectivity index (χ2n) is 11.1. The first-order chi connectivity index (χ1) is 19.8. The van der Waals surface area contributed by atoms with Gasteiger partial charge >= 0.3 is 6.09 Å². The first-order valence-electron chi connectivity index (χ1n) is 14.5. The lowest BCUT2D eigenvalue weighted by Gasteiger charge is -2.36. The van der Waals surface area contributed by atoms with Crippen LogP contribution in [-0.2, 0) is 14.3 Å². The molecule has 3 heterocycles. The van der Waals surface area contributed by atoms with E-state index in [1.165, 1.54) is 24.3 Å². The highest BCUT2D eigenvalue weighted by Crippen LogP contribution is 2.35. The van der Waals surface area contributed by atoms with Crippen LogP contribution in [0.3, 0.4) is 0 Å². The number of nitrogens with zero attached hydrogens (tertiary/aromatic N) is 3. The van der Waals surface area contributed by atoms with Gasteiger partial charge in [-0.15, -0.1) is 0 Å². The van der Waals surface area contributed by atoms with Gasteiger partial charge in [0.2, 0.25) is 11.8 Å². The molecule has 5 rings (SSSR count). The normalized spacial score (nSPS) is 22.0. The number of piperidine rings is 1. The maximum absolute atomic E-state index is 13.8. The quantitative estimate of drug-likeness (QED) is 0.479. The van der Waals surface area contributed by atoms with Gasteiger partial charge in [0.1, 0.15) is 11.6 Å². The van der Waals surface area contributed by atoms with E-state index < -0.39 is 11.9 Å². The van der Waals surface area contributed by atoms with E-state index in [1.807, 2.05) is 41.0 Å². The average molecular weight is 586 g/mol. The Labute approximate surface area is 245 Å². The Kier molecular flexibility index (Phi) is 9.45. The molecule has 0 spiro atoms. The van der Waals surface area contributed by atoms with Crippen LogP contribution >= 0.6 is 11.6 Å². The van der Waals surface area contributed by atoms with Crippen LogP contribution < -0.4 is 4.74 Å². The molecule has 0 N–H and O–H groups in total. The van der Waals surface area contributed by atoms with Crippen molar-refractivity contribution >= 4 is 29.5 Å². The summed E-state index contributed by atoms with van der Waals surface area (Å²) in [4.78, 5) is 45.5. The molecular weight excluding hydrogens is 549 g/mol. The fourth-order valence-corrected chi connectivity index (χ4v) is 6.41. The molecule has 3 aliphatic heterocycles. The largest absolute Gasteiger partial charge is 0.415 e. The summed E-state index contributed by atoms with van der Waals surface area (Å²) >= 11 is 6.15. The summed E-state index contributed by atoms with van der Waals surface area (Å²) in [5.41, 5.74) is 0.986. The number of ether oxygens (including phenoxy) is 2. The standard InChI is InChI=1S/C31H37ClFN3O5/c1-2-36(31(39)41-26-9-7-25(33)8-10-26)28-20-35(19-27(28)21-3-5-24(32)6-4-21)30(38)22-11-15-34(16-12-22)29(37)23-13-17-40-18-14-23/h3-10,22-23,27-28H,2,11-20H2,1H3/t27-,28+/m0/s1. The third kappa shape index (κ3) is 6.84. The number of benzene rings is 2. The Morgan fingerprint density at radius 2 is 1.51 bits per heavy atom. The molecule has 0 bridgehead atoms. The number of likely N-dealkylation sites (tertiary alicyclic amines) is 2. The SMILES string of the molecule is CCN(C(=O)Oc1ccc(F)cc1)[C@@H]1CN(C(=O)C2CCN(C(=O)C3CCOCC3)CC2)C[C@H]1c1ccc(Cl)cc1. The van der Waals surface area contributed by atoms with Gasteiger partial charge in [-0.2, -0.15) is 0 Å². The topological polar surface area (TPSA) is 79.4 Å². The summed E-state index contributed by atoms with van der Waals surface area (Å²) in [6.07, 6.45) is 2.24. The number of likely N-dealkylation sites (N-methyl/N-ethyl adjacent to an activating group) is 1. The minimum absolute atomic E-state index is 0.0187. The highest BCUT2D eigenvalue weighted by atomic mass is 35.5. The van der Waals surface area contributed by atoms with Crippen molar-refractivity contribution in [2.75, 3.05) is 45.9 Å². The fraction of sp³-hybridized carbons (Fsp3) is 0.516. The smallest absolute Gasteiger partial charge is 0.410 e. The summed E-state index contributed by atoms with van der Waals surface area (Å²) in [6.45, 7) is 5.51. The zero-order valence-electron chi connectivity index (χ0n) is 23.3. The van der Waals surface area contributed by atoms with Gasteiger partial charge in [0.25, 0.3) is 0 Å². The molecule has 0 unspecified atom stereocenters. The lowest BCUT2D eigenvalue weighted by Crippen LogP contribution is -2.48. The molecular formula is C31H37ClFN3O5. The molecule has 3 fully saturated rings. The first-order valence-corrected chi connectivity index (χ1v) is 14.9. The van der Waals surface area contributed by atoms with Crippen molar-refractivity contribution in [1.82, 2.24) is 14.7 Å². The van der Waals surface area contributed by atoms with Gasteiger partial charge in [-0.3, -0.25) is 9.59 Å². The molecule has 10 heteroatoms. The summed E-state index contributed by atoms with van der Waals surface area (Å²) in [5.74, 6) is -0.194. The molecule has 3 amide bonds. The van der Waals surface area contributed by atoms with Crippen LogP contribution in [0.1, 0.15) is 44.1 Å². The van der Waals surface area contributed by atoms with E-state index in [-0.39, 0.29) is 41.4 Å². The van der Waals surface area contributed by atoms with Crippen molar-refractivity contribution in [3.05, 3.63) is 64.9 Å². The predicted octanol–water partition coefficient (Wildman–Crippen LogP) is 4.96. The Balaban J connectivity index is 1.27. The van der Waals surface area contributed by atoms with Gasteiger partial charge in [0.05, 0.1) is 6.04 Å². The van der Waals surface area contributed by atoms with Crippen LogP contribution in [0, 0.1) is 17.7 Å². The van der Waals surface area contributed by atoms with E-state index in [0.29, 0.717) is 63.8 Å². The van der Waals surface area contributed by atoms with Crippen molar-refractivity contribution in [3.8, 4) is 5.75 Å². The Bertz CT molecular complexity index is 1210. The molecule has 220 valence electrons. The molecule has 2 atom stereocenters. The zero-order chi connectivity index (χ0) is 28.9. The first kappa shape index (κ1) is 29.3. The molecule has 3 aliphatic rings. The average Bonchev–Trinajstić information content (AvgIpc) is 3.44. The Hall–Kier alpha value is -3.17. The van der Waals surface area contributed by atoms with Crippen molar-refractivity contribution in [2.45, 2.75) is 44.6 Å². The fourth-order valence-electron chi connectivity index (χ4n) is 6.29. The number of rotatable bonds is 6. The summed E-state index contributed by atoms with van der Waals surface area (Å²) < 4.78 is 24.3. The van der Waals surface area contributed by atoms with Crippen LogP contribution in [0.4, 0.5) is 9.18 Å². The summed E-state index contributed by atoms with van der Waals surface area (Å²) in [6, 6.07) is 12.5. The van der Waals surface area contributed by atoms with E-state index in [1.54, 1.807) is 4.90 Å². The predicted molar refractivity (Wildman–Crippen MR) is 152 cm³/mol. The van der Waals surface area contributed by atoms with Gasteiger partial charge in [0, 0.05) is 68.7 Å². The number of amides is 3. The van der Waals surface area contributed by atoms with Crippen LogP contribution in [0.2, 0.25) is 5.02 Å². The number of hydrogen-bond donors (Lipinski definition) is 0. The van der Waals surface area contributed by atoms with E-state index in [9.17, 15) is 18.8 Å². The third-order valence-electron chi connectivity index (χ3n) is 8.62. The van der Waals surface area contributed by atoms with Gasteiger partial charge in [-0.25, -0.2) is 9.18 Å². The van der Waals surface area contributed by atoms with E-state index >= 15 is 0 Å². The maximum Gasteiger partial charge on any atom is 0.415 e. The Morgan fingerprint density at radius 1 is 0.902 bits per heavy atom. The molecule has 8 nitrogen and oxygen atoms in total. The molecule has 41 heavy (non-hydrogen) atoms. The van der Waals surface area contributed by atoms with Crippen LogP contribution in [-0.4, -0.2) is 84.6 Å². The van der Waals surface area contributed by atoms with Gasteiger partial charge < -0.3 is 24.2 Å².